The van der Waals surface area contributed by atoms with E-state index >= 15 is 0 Å². The fraction of sp³-hybridized carbons (Fsp3) is 0.231. The molecule has 0 heterocycles. The van der Waals surface area contributed by atoms with Gasteiger partial charge in [-0.3, -0.25) is 13.9 Å². The van der Waals surface area contributed by atoms with Crippen molar-refractivity contribution in [3.63, 3.8) is 0 Å². The number of rotatable bonds is 9. The van der Waals surface area contributed by atoms with Gasteiger partial charge in [-0.15, -0.1) is 0 Å². The minimum atomic E-state index is -4.12. The largest absolute Gasteiger partial charge is 0.350 e. The summed E-state index contributed by atoms with van der Waals surface area (Å²) in [7, 11) is -4.12. The van der Waals surface area contributed by atoms with Gasteiger partial charge >= 0.3 is 0 Å². The van der Waals surface area contributed by atoms with Crippen molar-refractivity contribution < 1.29 is 18.0 Å². The second-order valence-corrected chi connectivity index (χ2v) is 10.4. The van der Waals surface area contributed by atoms with Crippen LogP contribution in [0.2, 0.25) is 5.02 Å². The SMILES string of the molecule is CC[C@@H](C)NC(=O)c1ccccc1NC(=O)CN(c1ccccc1Cl)S(=O)(=O)c1ccc(C)cc1. The van der Waals surface area contributed by atoms with E-state index in [0.29, 0.717) is 0 Å². The van der Waals surface area contributed by atoms with Crippen LogP contribution in [0.5, 0.6) is 0 Å². The predicted molar refractivity (Wildman–Crippen MR) is 139 cm³/mol. The number of benzene rings is 3. The Kier molecular flexibility index (Phi) is 8.53. The molecule has 0 aliphatic carbocycles. The minimum absolute atomic E-state index is 0.0316. The first-order valence-electron chi connectivity index (χ1n) is 11.2. The third-order valence-electron chi connectivity index (χ3n) is 5.45. The Bertz CT molecular complexity index is 1310. The van der Waals surface area contributed by atoms with E-state index in [9.17, 15) is 18.0 Å². The highest BCUT2D eigenvalue weighted by Gasteiger charge is 2.29. The van der Waals surface area contributed by atoms with Crippen LogP contribution in [0, 0.1) is 6.92 Å². The average Bonchev–Trinajstić information content (AvgIpc) is 2.83. The number of carbonyl (C=O) groups is 2. The number of carbonyl (C=O) groups excluding carboxylic acids is 2. The van der Waals surface area contributed by atoms with Gasteiger partial charge in [-0.25, -0.2) is 8.42 Å². The molecule has 2 N–H and O–H groups in total. The van der Waals surface area contributed by atoms with Crippen molar-refractivity contribution in [2.45, 2.75) is 38.1 Å². The van der Waals surface area contributed by atoms with E-state index in [1.165, 1.54) is 18.2 Å². The van der Waals surface area contributed by atoms with Gasteiger partial charge in [0.05, 0.1) is 26.9 Å². The number of nitrogens with one attached hydrogen (secondary N) is 2. The topological polar surface area (TPSA) is 95.6 Å². The van der Waals surface area contributed by atoms with Crippen molar-refractivity contribution in [1.82, 2.24) is 5.32 Å². The maximum Gasteiger partial charge on any atom is 0.264 e. The highest BCUT2D eigenvalue weighted by Crippen LogP contribution is 2.30. The Labute approximate surface area is 211 Å². The second-order valence-electron chi connectivity index (χ2n) is 8.15. The summed E-state index contributed by atoms with van der Waals surface area (Å²) in [4.78, 5) is 25.8. The van der Waals surface area contributed by atoms with Gasteiger partial charge in [0.2, 0.25) is 5.91 Å². The number of anilines is 2. The first-order chi connectivity index (χ1) is 16.6. The fourth-order valence-corrected chi connectivity index (χ4v) is 5.03. The molecule has 0 spiro atoms. The molecule has 0 unspecified atom stereocenters. The normalized spacial score (nSPS) is 12.0. The van der Waals surface area contributed by atoms with Crippen LogP contribution in [0.1, 0.15) is 36.2 Å². The molecule has 0 bridgehead atoms. The molecule has 1 atom stereocenters. The lowest BCUT2D eigenvalue weighted by molar-refractivity contribution is -0.114. The fourth-order valence-electron chi connectivity index (χ4n) is 3.30. The van der Waals surface area contributed by atoms with Crippen molar-refractivity contribution in [3.8, 4) is 0 Å². The quantitative estimate of drug-likeness (QED) is 0.420. The zero-order chi connectivity index (χ0) is 25.6. The molecule has 0 aromatic heterocycles. The van der Waals surface area contributed by atoms with E-state index in [4.69, 9.17) is 11.6 Å². The Balaban J connectivity index is 1.93. The van der Waals surface area contributed by atoms with Crippen molar-refractivity contribution >= 4 is 44.8 Å². The summed E-state index contributed by atoms with van der Waals surface area (Å²) in [6, 6.07) is 19.3. The van der Waals surface area contributed by atoms with Gasteiger partial charge < -0.3 is 10.6 Å². The maximum absolute atomic E-state index is 13.5. The summed E-state index contributed by atoms with van der Waals surface area (Å²) in [5.41, 5.74) is 1.64. The minimum Gasteiger partial charge on any atom is -0.350 e. The number of para-hydroxylation sites is 2. The monoisotopic (exact) mass is 513 g/mol. The molecule has 7 nitrogen and oxygen atoms in total. The van der Waals surface area contributed by atoms with Crippen LogP contribution >= 0.6 is 11.6 Å². The summed E-state index contributed by atoms with van der Waals surface area (Å²) in [5, 5.41) is 5.74. The second kappa shape index (κ2) is 11.4. The van der Waals surface area contributed by atoms with Gasteiger partial charge in [-0.1, -0.05) is 60.5 Å². The van der Waals surface area contributed by atoms with Crippen LogP contribution in [-0.4, -0.2) is 32.8 Å². The number of nitrogens with zero attached hydrogens (tertiary/aromatic N) is 1. The molecule has 3 aromatic rings. The van der Waals surface area contributed by atoms with Crippen LogP contribution in [-0.2, 0) is 14.8 Å². The standard InChI is InChI=1S/C26H28ClN3O4S/c1-4-19(3)28-26(32)21-9-5-7-11-23(21)29-25(31)17-30(24-12-8-6-10-22(24)27)35(33,34)20-15-13-18(2)14-16-20/h5-16,19H,4,17H2,1-3H3,(H,28,32)(H,29,31)/t19-/m1/s1. The molecule has 0 saturated heterocycles. The molecule has 0 saturated carbocycles. The van der Waals surface area contributed by atoms with E-state index < -0.39 is 22.5 Å². The number of halogens is 1. The highest BCUT2D eigenvalue weighted by atomic mass is 35.5. The summed E-state index contributed by atoms with van der Waals surface area (Å²) in [6.45, 7) is 5.15. The van der Waals surface area contributed by atoms with Crippen molar-refractivity contribution in [1.29, 1.82) is 0 Å². The Morgan fingerprint density at radius 3 is 2.26 bits per heavy atom. The summed E-state index contributed by atoms with van der Waals surface area (Å²) >= 11 is 6.32. The average molecular weight is 514 g/mol. The van der Waals surface area contributed by atoms with Crippen molar-refractivity contribution in [2.24, 2.45) is 0 Å². The highest BCUT2D eigenvalue weighted by molar-refractivity contribution is 7.92. The first kappa shape index (κ1) is 26.2. The Morgan fingerprint density at radius 2 is 1.60 bits per heavy atom. The van der Waals surface area contributed by atoms with Gasteiger partial charge in [0, 0.05) is 6.04 Å². The Hall–Kier alpha value is -3.36. The molecule has 3 rings (SSSR count). The van der Waals surface area contributed by atoms with E-state index in [1.807, 2.05) is 20.8 Å². The molecule has 0 radical (unpaired) electrons. The molecule has 35 heavy (non-hydrogen) atoms. The van der Waals surface area contributed by atoms with Crippen LogP contribution < -0.4 is 14.9 Å². The number of sulfonamides is 1. The van der Waals surface area contributed by atoms with Crippen LogP contribution in [0.3, 0.4) is 0 Å². The van der Waals surface area contributed by atoms with Crippen LogP contribution in [0.25, 0.3) is 0 Å². The molecule has 2 amide bonds. The van der Waals surface area contributed by atoms with Crippen LogP contribution in [0.15, 0.2) is 77.7 Å². The third-order valence-corrected chi connectivity index (χ3v) is 7.55. The number of aryl methyl sites for hydroxylation is 1. The van der Waals surface area contributed by atoms with E-state index in [2.05, 4.69) is 10.6 Å². The Morgan fingerprint density at radius 1 is 0.971 bits per heavy atom. The number of hydrogen-bond donors (Lipinski definition) is 2. The van der Waals surface area contributed by atoms with E-state index in [-0.39, 0.29) is 38.8 Å². The zero-order valence-corrected chi connectivity index (χ0v) is 21.4. The molecule has 0 fully saturated rings. The van der Waals surface area contributed by atoms with Gasteiger partial charge in [0.15, 0.2) is 0 Å². The lowest BCUT2D eigenvalue weighted by Gasteiger charge is -2.25. The third kappa shape index (κ3) is 6.41. The smallest absolute Gasteiger partial charge is 0.264 e. The van der Waals surface area contributed by atoms with E-state index in [1.54, 1.807) is 54.6 Å². The van der Waals surface area contributed by atoms with Gasteiger partial charge in [-0.05, 0) is 56.7 Å². The number of hydrogen-bond acceptors (Lipinski definition) is 4. The zero-order valence-electron chi connectivity index (χ0n) is 19.8. The van der Waals surface area contributed by atoms with Crippen molar-refractivity contribution in [3.05, 3.63) is 88.9 Å². The molecular weight excluding hydrogens is 486 g/mol. The molecule has 0 aliphatic heterocycles. The molecule has 184 valence electrons. The predicted octanol–water partition coefficient (Wildman–Crippen LogP) is 5.01. The first-order valence-corrected chi connectivity index (χ1v) is 13.0. The maximum atomic E-state index is 13.5. The molecular formula is C26H28ClN3O4S. The summed E-state index contributed by atoms with van der Waals surface area (Å²) < 4.78 is 28.0. The lowest BCUT2D eigenvalue weighted by atomic mass is 10.1. The molecule has 0 aliphatic rings. The van der Waals surface area contributed by atoms with Crippen LogP contribution in [0.4, 0.5) is 11.4 Å². The summed E-state index contributed by atoms with van der Waals surface area (Å²) in [6.07, 6.45) is 0.754. The van der Waals surface area contributed by atoms with E-state index in [0.717, 1.165) is 16.3 Å². The van der Waals surface area contributed by atoms with Gasteiger partial charge in [0.1, 0.15) is 6.54 Å². The van der Waals surface area contributed by atoms with Crippen molar-refractivity contribution in [2.75, 3.05) is 16.2 Å². The number of amides is 2. The van der Waals surface area contributed by atoms with Gasteiger partial charge in [0.25, 0.3) is 15.9 Å². The molecule has 9 heteroatoms. The van der Waals surface area contributed by atoms with Gasteiger partial charge in [-0.2, -0.15) is 0 Å². The lowest BCUT2D eigenvalue weighted by Crippen LogP contribution is -2.39. The summed E-state index contributed by atoms with van der Waals surface area (Å²) in [5.74, 6) is -0.949. The molecule has 3 aromatic carbocycles.